The summed E-state index contributed by atoms with van der Waals surface area (Å²) in [5.74, 6) is 1.11. The summed E-state index contributed by atoms with van der Waals surface area (Å²) < 4.78 is 0. The van der Waals surface area contributed by atoms with Crippen molar-refractivity contribution < 1.29 is 4.92 Å². The van der Waals surface area contributed by atoms with Crippen molar-refractivity contribution in [3.05, 3.63) is 28.4 Å². The second-order valence-corrected chi connectivity index (χ2v) is 4.84. The quantitative estimate of drug-likeness (QED) is 0.650. The average Bonchev–Trinajstić information content (AvgIpc) is 2.39. The van der Waals surface area contributed by atoms with Crippen LogP contribution in [0.25, 0.3) is 0 Å². The molecule has 6 nitrogen and oxygen atoms in total. The van der Waals surface area contributed by atoms with Crippen molar-refractivity contribution in [2.24, 2.45) is 11.7 Å². The maximum atomic E-state index is 10.7. The number of hydrogen-bond acceptors (Lipinski definition) is 5. The van der Waals surface area contributed by atoms with E-state index in [0.717, 1.165) is 25.9 Å². The van der Waals surface area contributed by atoms with Crippen LogP contribution in [0.5, 0.6) is 0 Å². The van der Waals surface area contributed by atoms with Crippen molar-refractivity contribution in [3.63, 3.8) is 0 Å². The molecule has 0 aliphatic carbocycles. The summed E-state index contributed by atoms with van der Waals surface area (Å²) in [6.45, 7) is 3.72. The Morgan fingerprint density at radius 1 is 1.67 bits per heavy atom. The standard InChI is InChI=1S/C12H18N4O2/c1-9(13)10-3-2-6-15(8-10)12-7-11(16(17)18)4-5-14-12/h4-5,7,9-10H,2-3,6,8,13H2,1H3. The minimum atomic E-state index is -0.391. The summed E-state index contributed by atoms with van der Waals surface area (Å²) >= 11 is 0. The highest BCUT2D eigenvalue weighted by molar-refractivity contribution is 5.47. The highest BCUT2D eigenvalue weighted by Gasteiger charge is 2.24. The van der Waals surface area contributed by atoms with Crippen LogP contribution in [0, 0.1) is 16.0 Å². The monoisotopic (exact) mass is 250 g/mol. The van der Waals surface area contributed by atoms with Crippen molar-refractivity contribution >= 4 is 11.5 Å². The molecule has 0 saturated carbocycles. The summed E-state index contributed by atoms with van der Waals surface area (Å²) in [6, 6.07) is 3.09. The molecule has 2 heterocycles. The number of nitro groups is 1. The normalized spacial score (nSPS) is 21.7. The van der Waals surface area contributed by atoms with Crippen LogP contribution >= 0.6 is 0 Å². The van der Waals surface area contributed by atoms with Gasteiger partial charge in [-0.25, -0.2) is 4.98 Å². The summed E-state index contributed by atoms with van der Waals surface area (Å²) in [5.41, 5.74) is 6.02. The minimum Gasteiger partial charge on any atom is -0.356 e. The maximum absolute atomic E-state index is 10.7. The van der Waals surface area contributed by atoms with Crippen LogP contribution < -0.4 is 10.6 Å². The van der Waals surface area contributed by atoms with Crippen LogP contribution in [0.2, 0.25) is 0 Å². The van der Waals surface area contributed by atoms with Crippen LogP contribution in [0.15, 0.2) is 18.3 Å². The van der Waals surface area contributed by atoms with E-state index in [1.54, 1.807) is 0 Å². The van der Waals surface area contributed by atoms with E-state index < -0.39 is 4.92 Å². The van der Waals surface area contributed by atoms with Gasteiger partial charge in [0, 0.05) is 31.4 Å². The van der Waals surface area contributed by atoms with Gasteiger partial charge in [0.05, 0.1) is 11.0 Å². The molecule has 1 fully saturated rings. The largest absolute Gasteiger partial charge is 0.356 e. The van der Waals surface area contributed by atoms with Crippen molar-refractivity contribution in [2.45, 2.75) is 25.8 Å². The first-order valence-electron chi connectivity index (χ1n) is 6.19. The van der Waals surface area contributed by atoms with Gasteiger partial charge in [-0.2, -0.15) is 0 Å². The molecule has 0 bridgehead atoms. The van der Waals surface area contributed by atoms with E-state index in [0.29, 0.717) is 11.7 Å². The first-order valence-corrected chi connectivity index (χ1v) is 6.19. The Bertz CT molecular complexity index is 436. The molecule has 1 saturated heterocycles. The fourth-order valence-electron chi connectivity index (χ4n) is 2.34. The predicted octanol–water partition coefficient (Wildman–Crippen LogP) is 1.55. The van der Waals surface area contributed by atoms with E-state index >= 15 is 0 Å². The lowest BCUT2D eigenvalue weighted by Gasteiger charge is -2.35. The summed E-state index contributed by atoms with van der Waals surface area (Å²) in [7, 11) is 0. The molecular formula is C12H18N4O2. The molecule has 6 heteroatoms. The number of piperidine rings is 1. The summed E-state index contributed by atoms with van der Waals surface area (Å²) in [4.78, 5) is 16.7. The fraction of sp³-hybridized carbons (Fsp3) is 0.583. The van der Waals surface area contributed by atoms with Crippen molar-refractivity contribution in [1.29, 1.82) is 0 Å². The third-order valence-corrected chi connectivity index (χ3v) is 3.47. The number of anilines is 1. The molecule has 18 heavy (non-hydrogen) atoms. The van der Waals surface area contributed by atoms with E-state index in [9.17, 15) is 10.1 Å². The molecule has 1 aliphatic rings. The number of aromatic nitrogens is 1. The van der Waals surface area contributed by atoms with Gasteiger partial charge in [-0.3, -0.25) is 10.1 Å². The number of nitrogens with two attached hydrogens (primary N) is 1. The zero-order chi connectivity index (χ0) is 13.1. The second-order valence-electron chi connectivity index (χ2n) is 4.84. The van der Waals surface area contributed by atoms with Crippen molar-refractivity contribution in [2.75, 3.05) is 18.0 Å². The van der Waals surface area contributed by atoms with Gasteiger partial charge in [-0.15, -0.1) is 0 Å². The van der Waals surface area contributed by atoms with Gasteiger partial charge in [-0.05, 0) is 25.7 Å². The number of nitrogens with zero attached hydrogens (tertiary/aromatic N) is 3. The molecule has 2 rings (SSSR count). The van der Waals surface area contributed by atoms with Crippen LogP contribution in [0.3, 0.4) is 0 Å². The van der Waals surface area contributed by atoms with Crippen LogP contribution in [0.1, 0.15) is 19.8 Å². The lowest BCUT2D eigenvalue weighted by molar-refractivity contribution is -0.384. The number of pyridine rings is 1. The summed E-state index contributed by atoms with van der Waals surface area (Å²) in [6.07, 6.45) is 3.66. The van der Waals surface area contributed by atoms with E-state index in [4.69, 9.17) is 5.73 Å². The molecule has 0 aromatic carbocycles. The van der Waals surface area contributed by atoms with Crippen LogP contribution in [-0.2, 0) is 0 Å². The summed E-state index contributed by atoms with van der Waals surface area (Å²) in [5, 5.41) is 10.7. The highest BCUT2D eigenvalue weighted by Crippen LogP contribution is 2.25. The molecule has 0 radical (unpaired) electrons. The first-order chi connectivity index (χ1) is 8.58. The SMILES string of the molecule is CC(N)C1CCCN(c2cc([N+](=O)[O-])ccn2)C1. The molecule has 0 spiro atoms. The molecule has 2 unspecified atom stereocenters. The lowest BCUT2D eigenvalue weighted by atomic mass is 9.92. The second kappa shape index (κ2) is 5.30. The molecule has 1 aliphatic heterocycles. The first kappa shape index (κ1) is 12.8. The Kier molecular flexibility index (Phi) is 3.76. The fourth-order valence-corrected chi connectivity index (χ4v) is 2.34. The van der Waals surface area contributed by atoms with Crippen LogP contribution in [-0.4, -0.2) is 29.0 Å². The predicted molar refractivity (Wildman–Crippen MR) is 69.5 cm³/mol. The van der Waals surface area contributed by atoms with Gasteiger partial charge in [0.25, 0.3) is 5.69 Å². The zero-order valence-electron chi connectivity index (χ0n) is 10.5. The minimum absolute atomic E-state index is 0.0860. The van der Waals surface area contributed by atoms with Crippen molar-refractivity contribution in [1.82, 2.24) is 4.98 Å². The topological polar surface area (TPSA) is 85.3 Å². The van der Waals surface area contributed by atoms with Gasteiger partial charge < -0.3 is 10.6 Å². The third kappa shape index (κ3) is 2.76. The molecule has 2 N–H and O–H groups in total. The Morgan fingerprint density at radius 2 is 2.44 bits per heavy atom. The van der Waals surface area contributed by atoms with Gasteiger partial charge in [-0.1, -0.05) is 0 Å². The Morgan fingerprint density at radius 3 is 3.11 bits per heavy atom. The van der Waals surface area contributed by atoms with E-state index in [-0.39, 0.29) is 11.7 Å². The Balaban J connectivity index is 2.15. The van der Waals surface area contributed by atoms with E-state index in [1.165, 1.54) is 18.3 Å². The molecule has 2 atom stereocenters. The van der Waals surface area contributed by atoms with Gasteiger partial charge >= 0.3 is 0 Å². The van der Waals surface area contributed by atoms with Gasteiger partial charge in [0.2, 0.25) is 0 Å². The molecule has 1 aromatic rings. The third-order valence-electron chi connectivity index (χ3n) is 3.47. The Labute approximate surface area is 106 Å². The highest BCUT2D eigenvalue weighted by atomic mass is 16.6. The molecular weight excluding hydrogens is 232 g/mol. The van der Waals surface area contributed by atoms with Crippen molar-refractivity contribution in [3.8, 4) is 0 Å². The smallest absolute Gasteiger partial charge is 0.274 e. The molecule has 98 valence electrons. The molecule has 0 amide bonds. The van der Waals surface area contributed by atoms with Gasteiger partial charge in [0.1, 0.15) is 5.82 Å². The maximum Gasteiger partial charge on any atom is 0.274 e. The van der Waals surface area contributed by atoms with E-state index in [1.807, 2.05) is 6.92 Å². The zero-order valence-corrected chi connectivity index (χ0v) is 10.5. The number of rotatable bonds is 3. The van der Waals surface area contributed by atoms with Gasteiger partial charge in [0.15, 0.2) is 0 Å². The Hall–Kier alpha value is -1.69. The average molecular weight is 250 g/mol. The number of hydrogen-bond donors (Lipinski definition) is 1. The molecule has 1 aromatic heterocycles. The van der Waals surface area contributed by atoms with E-state index in [2.05, 4.69) is 9.88 Å². The van der Waals surface area contributed by atoms with Crippen LogP contribution in [0.4, 0.5) is 11.5 Å². The lowest BCUT2D eigenvalue weighted by Crippen LogP contribution is -2.42.